The summed E-state index contributed by atoms with van der Waals surface area (Å²) in [6.07, 6.45) is 2.74. The Bertz CT molecular complexity index is 627. The number of carboxylic acids is 1. The summed E-state index contributed by atoms with van der Waals surface area (Å²) in [5, 5.41) is 10.4. The lowest BCUT2D eigenvalue weighted by Gasteiger charge is -2.10. The fourth-order valence-electron chi connectivity index (χ4n) is 2.50. The van der Waals surface area contributed by atoms with Crippen LogP contribution in [0.3, 0.4) is 0 Å². The molecule has 0 aliphatic rings. The molecule has 0 unspecified atom stereocenters. The number of fused-ring (bicyclic) bond motifs is 1. The van der Waals surface area contributed by atoms with Crippen LogP contribution in [-0.4, -0.2) is 22.2 Å². The van der Waals surface area contributed by atoms with Crippen molar-refractivity contribution in [2.45, 2.75) is 26.2 Å². The molecule has 0 radical (unpaired) electrons. The van der Waals surface area contributed by atoms with E-state index in [0.29, 0.717) is 18.0 Å². The smallest absolute Gasteiger partial charge is 0.337 e. The second-order valence-electron chi connectivity index (χ2n) is 5.23. The molecule has 19 heavy (non-hydrogen) atoms. The number of rotatable bonds is 4. The van der Waals surface area contributed by atoms with E-state index in [1.165, 1.54) is 0 Å². The van der Waals surface area contributed by atoms with E-state index in [4.69, 9.17) is 5.73 Å². The van der Waals surface area contributed by atoms with Crippen molar-refractivity contribution >= 4 is 16.9 Å². The molecule has 0 bridgehead atoms. The van der Waals surface area contributed by atoms with Gasteiger partial charge in [0, 0.05) is 18.6 Å². The van der Waals surface area contributed by atoms with Gasteiger partial charge in [-0.2, -0.15) is 0 Å². The molecule has 0 amide bonds. The van der Waals surface area contributed by atoms with Crippen LogP contribution in [0.5, 0.6) is 0 Å². The van der Waals surface area contributed by atoms with E-state index in [0.717, 1.165) is 28.5 Å². The van der Waals surface area contributed by atoms with E-state index in [1.54, 1.807) is 6.07 Å². The van der Waals surface area contributed by atoms with Gasteiger partial charge in [0.25, 0.3) is 0 Å². The van der Waals surface area contributed by atoms with Gasteiger partial charge in [0.2, 0.25) is 0 Å². The Hall–Kier alpha value is -1.81. The normalized spacial score (nSPS) is 11.4. The van der Waals surface area contributed by atoms with Crippen LogP contribution in [0, 0.1) is 0 Å². The molecule has 0 aliphatic heterocycles. The largest absolute Gasteiger partial charge is 0.478 e. The van der Waals surface area contributed by atoms with Gasteiger partial charge in [0.15, 0.2) is 0 Å². The lowest BCUT2D eigenvalue weighted by atomic mass is 9.96. The van der Waals surface area contributed by atoms with Crippen LogP contribution in [0.2, 0.25) is 0 Å². The molecule has 2 rings (SSSR count). The molecule has 0 saturated heterocycles. The third-order valence-corrected chi connectivity index (χ3v) is 3.49. The number of aromatic nitrogens is 1. The highest BCUT2D eigenvalue weighted by molar-refractivity contribution is 6.04. The van der Waals surface area contributed by atoms with Gasteiger partial charge in [-0.1, -0.05) is 13.8 Å². The summed E-state index contributed by atoms with van der Waals surface area (Å²) in [7, 11) is 1.88. The van der Waals surface area contributed by atoms with Gasteiger partial charge in [0.05, 0.1) is 11.1 Å². The Morgan fingerprint density at radius 3 is 2.63 bits per heavy atom. The zero-order valence-electron chi connectivity index (χ0n) is 11.6. The number of carboxylic acid groups (broad SMARTS) is 1. The molecule has 0 aliphatic carbocycles. The summed E-state index contributed by atoms with van der Waals surface area (Å²) in [5.41, 5.74) is 8.94. The predicted molar refractivity (Wildman–Crippen MR) is 76.7 cm³/mol. The number of carbonyl (C=O) groups is 1. The third kappa shape index (κ3) is 2.36. The average molecular weight is 260 g/mol. The van der Waals surface area contributed by atoms with Crippen molar-refractivity contribution in [3.63, 3.8) is 0 Å². The van der Waals surface area contributed by atoms with Crippen LogP contribution >= 0.6 is 0 Å². The Kier molecular flexibility index (Phi) is 3.62. The summed E-state index contributed by atoms with van der Waals surface area (Å²) in [5.74, 6) is -0.582. The van der Waals surface area contributed by atoms with Crippen molar-refractivity contribution < 1.29 is 9.90 Å². The Balaban J connectivity index is 2.80. The summed E-state index contributed by atoms with van der Waals surface area (Å²) < 4.78 is 1.88. The van der Waals surface area contributed by atoms with Gasteiger partial charge in [0.1, 0.15) is 0 Å². The van der Waals surface area contributed by atoms with E-state index in [1.807, 2.05) is 17.8 Å². The van der Waals surface area contributed by atoms with E-state index in [2.05, 4.69) is 19.9 Å². The van der Waals surface area contributed by atoms with Crippen LogP contribution in [0.15, 0.2) is 18.3 Å². The molecule has 1 heterocycles. The van der Waals surface area contributed by atoms with Crippen molar-refractivity contribution in [3.8, 4) is 0 Å². The lowest BCUT2D eigenvalue weighted by Crippen LogP contribution is -2.03. The maximum absolute atomic E-state index is 11.5. The highest BCUT2D eigenvalue weighted by atomic mass is 16.4. The molecule has 4 nitrogen and oxygen atoms in total. The molecular formula is C15H20N2O2. The number of aryl methyl sites for hydroxylation is 1. The van der Waals surface area contributed by atoms with E-state index >= 15 is 0 Å². The van der Waals surface area contributed by atoms with E-state index in [-0.39, 0.29) is 0 Å². The van der Waals surface area contributed by atoms with Crippen LogP contribution in [0.1, 0.15) is 41.3 Å². The van der Waals surface area contributed by atoms with Crippen LogP contribution in [0.25, 0.3) is 10.9 Å². The number of benzene rings is 1. The van der Waals surface area contributed by atoms with Gasteiger partial charge in [-0.05, 0) is 42.1 Å². The Morgan fingerprint density at radius 1 is 1.42 bits per heavy atom. The second-order valence-corrected chi connectivity index (χ2v) is 5.23. The third-order valence-electron chi connectivity index (χ3n) is 3.49. The molecule has 102 valence electrons. The standard InChI is InChI=1S/C15H20N2O2/c1-9(2)11-6-12-10(4-5-16)8-17(3)14(12)13(7-11)15(18)19/h6-9H,4-5,16H2,1-3H3,(H,18,19). The molecule has 0 atom stereocenters. The summed E-state index contributed by atoms with van der Waals surface area (Å²) in [6.45, 7) is 4.70. The van der Waals surface area contributed by atoms with Crippen molar-refractivity contribution in [2.24, 2.45) is 12.8 Å². The predicted octanol–water partition coefficient (Wildman–Crippen LogP) is 2.50. The highest BCUT2D eigenvalue weighted by Gasteiger charge is 2.17. The van der Waals surface area contributed by atoms with Crippen LogP contribution in [0.4, 0.5) is 0 Å². The fourth-order valence-corrected chi connectivity index (χ4v) is 2.50. The number of nitrogens with two attached hydrogens (primary N) is 1. The van der Waals surface area contributed by atoms with Crippen molar-refractivity contribution in [3.05, 3.63) is 35.0 Å². The minimum absolute atomic E-state index is 0.299. The van der Waals surface area contributed by atoms with Crippen LogP contribution < -0.4 is 5.73 Å². The molecule has 4 heteroatoms. The van der Waals surface area contributed by atoms with Gasteiger partial charge in [-0.15, -0.1) is 0 Å². The van der Waals surface area contributed by atoms with Gasteiger partial charge < -0.3 is 15.4 Å². The first-order valence-corrected chi connectivity index (χ1v) is 6.51. The maximum atomic E-state index is 11.5. The highest BCUT2D eigenvalue weighted by Crippen LogP contribution is 2.29. The minimum atomic E-state index is -0.881. The molecule has 1 aromatic carbocycles. The second kappa shape index (κ2) is 5.05. The number of nitrogens with zero attached hydrogens (tertiary/aromatic N) is 1. The van der Waals surface area contributed by atoms with E-state index in [9.17, 15) is 9.90 Å². The average Bonchev–Trinajstić information content (AvgIpc) is 2.66. The fraction of sp³-hybridized carbons (Fsp3) is 0.400. The molecule has 0 saturated carbocycles. The first-order chi connectivity index (χ1) is 8.95. The maximum Gasteiger partial charge on any atom is 0.337 e. The summed E-state index contributed by atoms with van der Waals surface area (Å²) in [4.78, 5) is 11.5. The lowest BCUT2D eigenvalue weighted by molar-refractivity contribution is 0.0698. The first-order valence-electron chi connectivity index (χ1n) is 6.51. The monoisotopic (exact) mass is 260 g/mol. The Morgan fingerprint density at radius 2 is 2.11 bits per heavy atom. The number of hydrogen-bond donors (Lipinski definition) is 2. The minimum Gasteiger partial charge on any atom is -0.478 e. The first kappa shape index (κ1) is 13.6. The van der Waals surface area contributed by atoms with Gasteiger partial charge >= 0.3 is 5.97 Å². The molecule has 2 aromatic rings. The van der Waals surface area contributed by atoms with E-state index < -0.39 is 5.97 Å². The zero-order chi connectivity index (χ0) is 14.2. The van der Waals surface area contributed by atoms with Crippen LogP contribution in [-0.2, 0) is 13.5 Å². The molecular weight excluding hydrogens is 240 g/mol. The van der Waals surface area contributed by atoms with Crippen molar-refractivity contribution in [1.29, 1.82) is 0 Å². The Labute approximate surface area is 112 Å². The molecule has 1 aromatic heterocycles. The SMILES string of the molecule is CC(C)c1cc(C(=O)O)c2c(c1)c(CCN)cn2C. The molecule has 0 spiro atoms. The summed E-state index contributed by atoms with van der Waals surface area (Å²) in [6, 6.07) is 3.87. The topological polar surface area (TPSA) is 68.2 Å². The molecule has 3 N–H and O–H groups in total. The van der Waals surface area contributed by atoms with Crippen molar-refractivity contribution in [1.82, 2.24) is 4.57 Å². The number of aromatic carboxylic acids is 1. The van der Waals surface area contributed by atoms with Crippen molar-refractivity contribution in [2.75, 3.05) is 6.54 Å². The quantitative estimate of drug-likeness (QED) is 0.887. The molecule has 0 fully saturated rings. The zero-order valence-corrected chi connectivity index (χ0v) is 11.6. The number of hydrogen-bond acceptors (Lipinski definition) is 2. The summed E-state index contributed by atoms with van der Waals surface area (Å²) >= 11 is 0. The van der Waals surface area contributed by atoms with Gasteiger partial charge in [-0.3, -0.25) is 0 Å². The van der Waals surface area contributed by atoms with Gasteiger partial charge in [-0.25, -0.2) is 4.79 Å².